The van der Waals surface area contributed by atoms with Crippen molar-refractivity contribution in [1.29, 1.82) is 0 Å². The molecule has 0 amide bonds. The largest absolute Gasteiger partial charge is 0.376 e. The first-order chi connectivity index (χ1) is 8.74. The summed E-state index contributed by atoms with van der Waals surface area (Å²) in [5.41, 5.74) is 0.453. The molecule has 3 nitrogen and oxygen atoms in total. The van der Waals surface area contributed by atoms with Crippen LogP contribution in [0.3, 0.4) is 0 Å². The van der Waals surface area contributed by atoms with Crippen LogP contribution < -0.4 is 5.32 Å². The number of fused-ring (bicyclic) bond motifs is 1. The Morgan fingerprint density at radius 3 is 3.00 bits per heavy atom. The van der Waals surface area contributed by atoms with Crippen molar-refractivity contribution in [2.75, 3.05) is 5.32 Å². The lowest BCUT2D eigenvalue weighted by Crippen LogP contribution is -2.00. The molecule has 18 heavy (non-hydrogen) atoms. The maximum Gasteiger partial charge on any atom is 0.156 e. The molecule has 0 fully saturated rings. The molecule has 3 aromatic rings. The van der Waals surface area contributed by atoms with Crippen LogP contribution in [0, 0.1) is 5.82 Å². The number of aromatic nitrogens is 2. The monoisotopic (exact) mass is 299 g/mol. The molecule has 0 unspecified atom stereocenters. The summed E-state index contributed by atoms with van der Waals surface area (Å²) in [4.78, 5) is 4.10. The van der Waals surface area contributed by atoms with Gasteiger partial charge in [-0.2, -0.15) is 4.37 Å². The summed E-state index contributed by atoms with van der Waals surface area (Å²) in [7, 11) is 0. The predicted octanol–water partition coefficient (Wildman–Crippen LogP) is 4.16. The molecule has 0 spiro atoms. The molecule has 0 saturated heterocycles. The van der Waals surface area contributed by atoms with Crippen LogP contribution in [0.4, 0.5) is 10.1 Å². The SMILES string of the molecule is Fc1c(NCc2ncc(Cl)s2)ccc2sncc12. The lowest BCUT2D eigenvalue weighted by molar-refractivity contribution is 0.642. The van der Waals surface area contributed by atoms with Crippen molar-refractivity contribution in [1.82, 2.24) is 9.36 Å². The van der Waals surface area contributed by atoms with Crippen LogP contribution in [0.25, 0.3) is 10.1 Å². The molecule has 92 valence electrons. The Bertz CT molecular complexity index is 694. The molecule has 0 saturated carbocycles. The van der Waals surface area contributed by atoms with Crippen LogP contribution in [0.1, 0.15) is 5.01 Å². The molecule has 2 aromatic heterocycles. The van der Waals surface area contributed by atoms with E-state index in [-0.39, 0.29) is 5.82 Å². The van der Waals surface area contributed by atoms with Crippen molar-refractivity contribution >= 4 is 50.2 Å². The molecule has 0 aliphatic heterocycles. The third kappa shape index (κ3) is 2.19. The second-order valence-corrected chi connectivity index (χ2v) is 6.16. The van der Waals surface area contributed by atoms with Crippen LogP contribution in [0.5, 0.6) is 0 Å². The molecule has 0 aliphatic carbocycles. The topological polar surface area (TPSA) is 37.8 Å². The molecule has 0 atom stereocenters. The summed E-state index contributed by atoms with van der Waals surface area (Å²) in [5, 5.41) is 4.38. The van der Waals surface area contributed by atoms with E-state index in [4.69, 9.17) is 11.6 Å². The molecule has 0 aliphatic rings. The number of anilines is 1. The van der Waals surface area contributed by atoms with E-state index in [9.17, 15) is 4.39 Å². The molecular weight excluding hydrogens is 293 g/mol. The number of nitrogens with zero attached hydrogens (tertiary/aromatic N) is 2. The number of hydrogen-bond acceptors (Lipinski definition) is 5. The normalized spacial score (nSPS) is 11.0. The second kappa shape index (κ2) is 4.79. The lowest BCUT2D eigenvalue weighted by Gasteiger charge is -2.05. The molecule has 7 heteroatoms. The number of benzene rings is 1. The molecular formula is C11H7ClFN3S2. The zero-order valence-corrected chi connectivity index (χ0v) is 11.4. The Hall–Kier alpha value is -1.24. The number of nitrogens with one attached hydrogen (secondary N) is 1. The molecule has 1 aromatic carbocycles. The van der Waals surface area contributed by atoms with Crippen LogP contribution in [0.2, 0.25) is 4.34 Å². The van der Waals surface area contributed by atoms with Crippen molar-refractivity contribution in [2.45, 2.75) is 6.54 Å². The Labute approximate surface area is 115 Å². The second-order valence-electron chi connectivity index (χ2n) is 3.58. The van der Waals surface area contributed by atoms with Gasteiger partial charge in [-0.05, 0) is 23.7 Å². The number of rotatable bonds is 3. The van der Waals surface area contributed by atoms with E-state index in [1.165, 1.54) is 22.9 Å². The van der Waals surface area contributed by atoms with E-state index in [0.29, 0.717) is 22.0 Å². The molecule has 0 radical (unpaired) electrons. The van der Waals surface area contributed by atoms with E-state index in [1.54, 1.807) is 18.5 Å². The zero-order valence-electron chi connectivity index (χ0n) is 8.98. The first-order valence-corrected chi connectivity index (χ1v) is 7.08. The van der Waals surface area contributed by atoms with Gasteiger partial charge in [0.25, 0.3) is 0 Å². The summed E-state index contributed by atoms with van der Waals surface area (Å²) >= 11 is 8.44. The Morgan fingerprint density at radius 2 is 2.22 bits per heavy atom. The summed E-state index contributed by atoms with van der Waals surface area (Å²) in [6, 6.07) is 3.57. The summed E-state index contributed by atoms with van der Waals surface area (Å²) in [6.45, 7) is 0.456. The molecule has 3 rings (SSSR count). The standard InChI is InChI=1S/C11H7ClFN3S2/c12-9-4-15-10(17-9)5-14-7-1-2-8-6(11(7)13)3-16-18-8/h1-4,14H,5H2. The average Bonchev–Trinajstić information content (AvgIpc) is 2.97. The van der Waals surface area contributed by atoms with Gasteiger partial charge in [0.2, 0.25) is 0 Å². The number of hydrogen-bond donors (Lipinski definition) is 1. The summed E-state index contributed by atoms with van der Waals surface area (Å²) < 4.78 is 19.5. The average molecular weight is 300 g/mol. The fraction of sp³-hybridized carbons (Fsp3) is 0.0909. The van der Waals surface area contributed by atoms with Gasteiger partial charge in [0.15, 0.2) is 5.82 Å². The summed E-state index contributed by atoms with van der Waals surface area (Å²) in [6.07, 6.45) is 3.13. The minimum atomic E-state index is -0.274. The van der Waals surface area contributed by atoms with Gasteiger partial charge in [-0.15, -0.1) is 11.3 Å². The van der Waals surface area contributed by atoms with Crippen molar-refractivity contribution in [3.05, 3.63) is 39.7 Å². The predicted molar refractivity (Wildman–Crippen MR) is 74.0 cm³/mol. The molecule has 2 heterocycles. The number of thiazole rings is 1. The van der Waals surface area contributed by atoms with Gasteiger partial charge in [0.05, 0.1) is 34.7 Å². The zero-order chi connectivity index (χ0) is 12.5. The van der Waals surface area contributed by atoms with E-state index in [1.807, 2.05) is 6.07 Å². The van der Waals surface area contributed by atoms with E-state index < -0.39 is 0 Å². The highest BCUT2D eigenvalue weighted by molar-refractivity contribution is 7.15. The smallest absolute Gasteiger partial charge is 0.156 e. The lowest BCUT2D eigenvalue weighted by atomic mass is 10.2. The molecule has 1 N–H and O–H groups in total. The van der Waals surface area contributed by atoms with E-state index in [2.05, 4.69) is 14.7 Å². The maximum atomic E-state index is 14.1. The van der Waals surface area contributed by atoms with Crippen LogP contribution in [-0.2, 0) is 6.54 Å². The highest BCUT2D eigenvalue weighted by Crippen LogP contribution is 2.27. The number of halogens is 2. The minimum absolute atomic E-state index is 0.274. The van der Waals surface area contributed by atoms with Crippen LogP contribution in [0.15, 0.2) is 24.5 Å². The van der Waals surface area contributed by atoms with E-state index >= 15 is 0 Å². The van der Waals surface area contributed by atoms with Gasteiger partial charge in [-0.25, -0.2) is 9.37 Å². The fourth-order valence-corrected chi connectivity index (χ4v) is 3.13. The highest BCUT2D eigenvalue weighted by atomic mass is 35.5. The van der Waals surface area contributed by atoms with Gasteiger partial charge >= 0.3 is 0 Å². The minimum Gasteiger partial charge on any atom is -0.376 e. The first-order valence-electron chi connectivity index (χ1n) is 5.11. The Balaban J connectivity index is 1.84. The van der Waals surface area contributed by atoms with E-state index in [0.717, 1.165) is 9.71 Å². The Morgan fingerprint density at radius 1 is 1.33 bits per heavy atom. The van der Waals surface area contributed by atoms with Crippen molar-refractivity contribution in [3.63, 3.8) is 0 Å². The van der Waals surface area contributed by atoms with Gasteiger partial charge in [0.1, 0.15) is 9.34 Å². The van der Waals surface area contributed by atoms with Crippen LogP contribution >= 0.6 is 34.5 Å². The highest BCUT2D eigenvalue weighted by Gasteiger charge is 2.09. The Kier molecular flexibility index (Phi) is 3.15. The van der Waals surface area contributed by atoms with Crippen LogP contribution in [-0.4, -0.2) is 9.36 Å². The van der Waals surface area contributed by atoms with Gasteiger partial charge in [-0.1, -0.05) is 11.6 Å². The van der Waals surface area contributed by atoms with Gasteiger partial charge in [0, 0.05) is 0 Å². The van der Waals surface area contributed by atoms with Crippen molar-refractivity contribution in [3.8, 4) is 0 Å². The first kappa shape index (κ1) is 11.8. The van der Waals surface area contributed by atoms with Gasteiger partial charge < -0.3 is 5.32 Å². The van der Waals surface area contributed by atoms with Crippen molar-refractivity contribution < 1.29 is 4.39 Å². The quantitative estimate of drug-likeness (QED) is 0.789. The van der Waals surface area contributed by atoms with Gasteiger partial charge in [-0.3, -0.25) is 0 Å². The fourth-order valence-electron chi connectivity index (χ4n) is 1.59. The maximum absolute atomic E-state index is 14.1. The third-order valence-electron chi connectivity index (χ3n) is 2.43. The van der Waals surface area contributed by atoms with Crippen molar-refractivity contribution in [2.24, 2.45) is 0 Å². The molecule has 0 bridgehead atoms. The summed E-state index contributed by atoms with van der Waals surface area (Å²) in [5.74, 6) is -0.274. The third-order valence-corrected chi connectivity index (χ3v) is 4.31.